The van der Waals surface area contributed by atoms with Crippen molar-refractivity contribution in [1.82, 2.24) is 4.98 Å². The minimum Gasteiger partial charge on any atom is -0.253 e. The van der Waals surface area contributed by atoms with Gasteiger partial charge in [-0.2, -0.15) is 0 Å². The Labute approximate surface area is 113 Å². The molecule has 19 heavy (non-hydrogen) atoms. The lowest BCUT2D eigenvalue weighted by Gasteiger charge is -2.14. The van der Waals surface area contributed by atoms with Gasteiger partial charge in [0.15, 0.2) is 0 Å². The largest absolute Gasteiger partial charge is 0.253 e. The van der Waals surface area contributed by atoms with Crippen LogP contribution in [0.15, 0.2) is 36.4 Å². The number of aryl methyl sites for hydroxylation is 2. The number of aromatic nitrogens is 1. The molecule has 1 aliphatic rings. The molecule has 2 heteroatoms. The van der Waals surface area contributed by atoms with Crippen molar-refractivity contribution in [2.75, 3.05) is 0 Å². The summed E-state index contributed by atoms with van der Waals surface area (Å²) in [6, 6.07) is 10.8. The second-order valence-corrected chi connectivity index (χ2v) is 5.22. The van der Waals surface area contributed by atoms with Crippen LogP contribution in [0.4, 0.5) is 4.39 Å². The Hall–Kier alpha value is -1.70. The van der Waals surface area contributed by atoms with Gasteiger partial charge >= 0.3 is 0 Å². The lowest BCUT2D eigenvalue weighted by molar-refractivity contribution is 0.609. The molecule has 0 spiro atoms. The molecule has 0 amide bonds. The number of benzene rings is 1. The molecule has 0 N–H and O–H groups in total. The van der Waals surface area contributed by atoms with Crippen LogP contribution in [-0.2, 0) is 12.8 Å². The monoisotopic (exact) mass is 255 g/mol. The van der Waals surface area contributed by atoms with Gasteiger partial charge in [-0.1, -0.05) is 18.9 Å². The van der Waals surface area contributed by atoms with E-state index in [4.69, 9.17) is 4.98 Å². The second-order valence-electron chi connectivity index (χ2n) is 5.22. The van der Waals surface area contributed by atoms with Crippen molar-refractivity contribution >= 4 is 0 Å². The molecule has 0 radical (unpaired) electrons. The Bertz CT molecular complexity index is 560. The lowest BCUT2D eigenvalue weighted by Crippen LogP contribution is -2.03. The first kappa shape index (κ1) is 12.3. The average Bonchev–Trinajstić information content (AvgIpc) is 2.40. The zero-order chi connectivity index (χ0) is 13.1. The van der Waals surface area contributed by atoms with Crippen LogP contribution >= 0.6 is 0 Å². The van der Waals surface area contributed by atoms with Crippen LogP contribution in [0.2, 0.25) is 0 Å². The van der Waals surface area contributed by atoms with Gasteiger partial charge in [-0.05, 0) is 61.6 Å². The van der Waals surface area contributed by atoms with E-state index < -0.39 is 0 Å². The predicted molar refractivity (Wildman–Crippen MR) is 75.5 cm³/mol. The molecule has 2 aromatic rings. The van der Waals surface area contributed by atoms with E-state index in [2.05, 4.69) is 12.1 Å². The molecule has 98 valence electrons. The van der Waals surface area contributed by atoms with Crippen LogP contribution in [-0.4, -0.2) is 4.98 Å². The molecule has 0 saturated heterocycles. The quantitative estimate of drug-likeness (QED) is 0.728. The second kappa shape index (κ2) is 5.52. The smallest absolute Gasteiger partial charge is 0.123 e. The fraction of sp³-hybridized carbons (Fsp3) is 0.353. The topological polar surface area (TPSA) is 12.9 Å². The molecule has 0 aliphatic heterocycles. The van der Waals surface area contributed by atoms with E-state index in [9.17, 15) is 4.39 Å². The van der Waals surface area contributed by atoms with Gasteiger partial charge in [-0.15, -0.1) is 0 Å². The third kappa shape index (κ3) is 2.83. The van der Waals surface area contributed by atoms with Crippen LogP contribution < -0.4 is 0 Å². The molecule has 1 aliphatic carbocycles. The number of hydrogen-bond acceptors (Lipinski definition) is 1. The van der Waals surface area contributed by atoms with Crippen molar-refractivity contribution in [3.05, 3.63) is 53.5 Å². The molecule has 0 fully saturated rings. The Morgan fingerprint density at radius 1 is 0.789 bits per heavy atom. The summed E-state index contributed by atoms with van der Waals surface area (Å²) < 4.78 is 13.0. The van der Waals surface area contributed by atoms with Gasteiger partial charge in [0.25, 0.3) is 0 Å². The van der Waals surface area contributed by atoms with E-state index in [-0.39, 0.29) is 5.82 Å². The maximum Gasteiger partial charge on any atom is 0.123 e. The number of pyridine rings is 1. The molecule has 0 unspecified atom stereocenters. The summed E-state index contributed by atoms with van der Waals surface area (Å²) in [5, 5.41) is 0. The maximum absolute atomic E-state index is 13.0. The fourth-order valence-electron chi connectivity index (χ4n) is 2.72. The van der Waals surface area contributed by atoms with E-state index in [1.54, 1.807) is 12.1 Å². The standard InChI is InChI=1S/C17H18FN/c18-15-10-7-14(8-11-15)17-12-9-13-5-3-1-2-4-6-16(13)19-17/h7-12H,1-6H2. The first-order valence-corrected chi connectivity index (χ1v) is 7.08. The molecule has 3 rings (SSSR count). The van der Waals surface area contributed by atoms with Gasteiger partial charge < -0.3 is 0 Å². The molecule has 0 atom stereocenters. The van der Waals surface area contributed by atoms with Crippen LogP contribution in [0.25, 0.3) is 11.3 Å². The summed E-state index contributed by atoms with van der Waals surface area (Å²) >= 11 is 0. The maximum atomic E-state index is 13.0. The first-order valence-electron chi connectivity index (χ1n) is 7.08. The Kier molecular flexibility index (Phi) is 3.58. The summed E-state index contributed by atoms with van der Waals surface area (Å²) in [5.41, 5.74) is 4.58. The highest BCUT2D eigenvalue weighted by Gasteiger charge is 2.10. The average molecular weight is 255 g/mol. The van der Waals surface area contributed by atoms with Crippen molar-refractivity contribution in [1.29, 1.82) is 0 Å². The van der Waals surface area contributed by atoms with E-state index >= 15 is 0 Å². The normalized spacial score (nSPS) is 15.4. The molecule has 0 saturated carbocycles. The SMILES string of the molecule is Fc1ccc(-c2ccc3c(n2)CCCCCC3)cc1. The minimum absolute atomic E-state index is 0.199. The van der Waals surface area contributed by atoms with Gasteiger partial charge in [-0.3, -0.25) is 4.98 Å². The van der Waals surface area contributed by atoms with E-state index in [0.29, 0.717) is 0 Å². The Morgan fingerprint density at radius 3 is 2.32 bits per heavy atom. The van der Waals surface area contributed by atoms with Gasteiger partial charge in [-0.25, -0.2) is 4.39 Å². The summed E-state index contributed by atoms with van der Waals surface area (Å²) in [5.74, 6) is -0.199. The van der Waals surface area contributed by atoms with Crippen LogP contribution in [0.3, 0.4) is 0 Å². The number of fused-ring (bicyclic) bond motifs is 1. The van der Waals surface area contributed by atoms with Crippen LogP contribution in [0.1, 0.15) is 36.9 Å². The zero-order valence-electron chi connectivity index (χ0n) is 11.0. The molecule has 1 nitrogen and oxygen atoms in total. The highest BCUT2D eigenvalue weighted by Crippen LogP contribution is 2.23. The molecular weight excluding hydrogens is 237 g/mol. The highest BCUT2D eigenvalue weighted by molar-refractivity contribution is 5.59. The summed E-state index contributed by atoms with van der Waals surface area (Å²) in [4.78, 5) is 4.79. The van der Waals surface area contributed by atoms with Crippen molar-refractivity contribution < 1.29 is 4.39 Å². The first-order chi connectivity index (χ1) is 9.33. The molecular formula is C17H18FN. The van der Waals surface area contributed by atoms with Gasteiger partial charge in [0, 0.05) is 11.3 Å². The lowest BCUT2D eigenvalue weighted by atomic mass is 9.96. The molecule has 0 bridgehead atoms. The van der Waals surface area contributed by atoms with Crippen molar-refractivity contribution in [2.45, 2.75) is 38.5 Å². The third-order valence-electron chi connectivity index (χ3n) is 3.82. The van der Waals surface area contributed by atoms with Crippen LogP contribution in [0, 0.1) is 5.82 Å². The number of rotatable bonds is 1. The molecule has 1 aromatic heterocycles. The number of nitrogens with zero attached hydrogens (tertiary/aromatic N) is 1. The van der Waals surface area contributed by atoms with E-state index in [1.807, 2.05) is 0 Å². The van der Waals surface area contributed by atoms with E-state index in [0.717, 1.165) is 24.1 Å². The molecule has 1 aromatic carbocycles. The Morgan fingerprint density at radius 2 is 1.53 bits per heavy atom. The highest BCUT2D eigenvalue weighted by atomic mass is 19.1. The Balaban J connectivity index is 1.95. The van der Waals surface area contributed by atoms with Gasteiger partial charge in [0.1, 0.15) is 5.82 Å². The predicted octanol–water partition coefficient (Wildman–Crippen LogP) is 4.55. The zero-order valence-corrected chi connectivity index (χ0v) is 11.0. The van der Waals surface area contributed by atoms with Crippen LogP contribution in [0.5, 0.6) is 0 Å². The fourth-order valence-corrected chi connectivity index (χ4v) is 2.72. The van der Waals surface area contributed by atoms with Crippen molar-refractivity contribution in [3.8, 4) is 11.3 Å². The minimum atomic E-state index is -0.199. The van der Waals surface area contributed by atoms with Gasteiger partial charge in [0.05, 0.1) is 5.69 Å². The third-order valence-corrected chi connectivity index (χ3v) is 3.82. The number of hydrogen-bond donors (Lipinski definition) is 0. The summed E-state index contributed by atoms with van der Waals surface area (Å²) in [7, 11) is 0. The van der Waals surface area contributed by atoms with Crippen molar-refractivity contribution in [2.24, 2.45) is 0 Å². The van der Waals surface area contributed by atoms with Crippen molar-refractivity contribution in [3.63, 3.8) is 0 Å². The molecule has 1 heterocycles. The summed E-state index contributed by atoms with van der Waals surface area (Å²) in [6.07, 6.45) is 7.36. The van der Waals surface area contributed by atoms with E-state index in [1.165, 1.54) is 49.1 Å². The number of halogens is 1. The van der Waals surface area contributed by atoms with Gasteiger partial charge in [0.2, 0.25) is 0 Å². The summed E-state index contributed by atoms with van der Waals surface area (Å²) in [6.45, 7) is 0.